The first-order chi connectivity index (χ1) is 11.4. The number of carbonyl (C=O) groups is 1. The van der Waals surface area contributed by atoms with Gasteiger partial charge in [0.2, 0.25) is 0 Å². The molecule has 0 radical (unpaired) electrons. The Hall–Kier alpha value is -2.56. The van der Waals surface area contributed by atoms with E-state index in [9.17, 15) is 9.18 Å². The second-order valence-electron chi connectivity index (χ2n) is 6.44. The number of rotatable bonds is 4. The molecule has 0 spiro atoms. The van der Waals surface area contributed by atoms with Crippen molar-refractivity contribution in [2.24, 2.45) is 0 Å². The maximum Gasteiger partial charge on any atom is 0.258 e. The van der Waals surface area contributed by atoms with Gasteiger partial charge in [0.1, 0.15) is 11.4 Å². The average molecular weight is 329 g/mol. The summed E-state index contributed by atoms with van der Waals surface area (Å²) in [7, 11) is 0. The normalized spacial score (nSPS) is 18.2. The van der Waals surface area contributed by atoms with Gasteiger partial charge in [-0.25, -0.2) is 4.39 Å². The monoisotopic (exact) mass is 329 g/mol. The van der Waals surface area contributed by atoms with Gasteiger partial charge >= 0.3 is 0 Å². The summed E-state index contributed by atoms with van der Waals surface area (Å²) in [5.74, 6) is 0.0630. The zero-order valence-corrected chi connectivity index (χ0v) is 13.7. The van der Waals surface area contributed by atoms with E-state index < -0.39 is 5.82 Å². The molecule has 2 aromatic rings. The lowest BCUT2D eigenvalue weighted by Crippen LogP contribution is -2.42. The summed E-state index contributed by atoms with van der Waals surface area (Å²) in [6.45, 7) is 3.73. The Morgan fingerprint density at radius 1 is 1.25 bits per heavy atom. The van der Waals surface area contributed by atoms with Crippen molar-refractivity contribution in [2.45, 2.75) is 31.9 Å². The fourth-order valence-corrected chi connectivity index (χ4v) is 2.87. The highest BCUT2D eigenvalue weighted by Crippen LogP contribution is 2.39. The van der Waals surface area contributed by atoms with E-state index in [0.29, 0.717) is 6.42 Å². The van der Waals surface area contributed by atoms with E-state index in [1.165, 1.54) is 12.1 Å². The number of nitrogens with one attached hydrogen (secondary N) is 1. The average Bonchev–Trinajstić information content (AvgIpc) is 2.53. The summed E-state index contributed by atoms with van der Waals surface area (Å²) in [5.41, 5.74) is 0.565. The van der Waals surface area contributed by atoms with Crippen LogP contribution in [0, 0.1) is 5.82 Å². The topological polar surface area (TPSA) is 47.6 Å². The van der Waals surface area contributed by atoms with Crippen molar-refractivity contribution in [1.82, 2.24) is 5.32 Å². The largest absolute Gasteiger partial charge is 0.487 e. The predicted octanol–water partition coefficient (Wildman–Crippen LogP) is 3.62. The molecule has 5 heteroatoms. The number of benzene rings is 2. The second-order valence-corrected chi connectivity index (χ2v) is 6.44. The lowest BCUT2D eigenvalue weighted by Gasteiger charge is -2.37. The summed E-state index contributed by atoms with van der Waals surface area (Å²) in [5, 5.41) is 2.95. The van der Waals surface area contributed by atoms with Crippen LogP contribution < -0.4 is 14.8 Å². The van der Waals surface area contributed by atoms with Crippen molar-refractivity contribution >= 4 is 5.91 Å². The molecular weight excluding hydrogens is 309 g/mol. The van der Waals surface area contributed by atoms with Crippen LogP contribution in [-0.4, -0.2) is 18.1 Å². The second kappa shape index (κ2) is 6.51. The molecule has 1 amide bonds. The van der Waals surface area contributed by atoms with Crippen LogP contribution >= 0.6 is 0 Å². The summed E-state index contributed by atoms with van der Waals surface area (Å²) in [6.07, 6.45) is 0.648. The quantitative estimate of drug-likeness (QED) is 0.932. The minimum Gasteiger partial charge on any atom is -0.487 e. The van der Waals surface area contributed by atoms with Gasteiger partial charge in [-0.1, -0.05) is 30.3 Å². The molecule has 1 aliphatic heterocycles. The molecule has 0 aliphatic carbocycles. The van der Waals surface area contributed by atoms with Crippen LogP contribution in [0.1, 0.15) is 31.9 Å². The van der Waals surface area contributed by atoms with Crippen LogP contribution in [0.15, 0.2) is 48.5 Å². The lowest BCUT2D eigenvalue weighted by molar-refractivity contribution is -0.124. The summed E-state index contributed by atoms with van der Waals surface area (Å²) >= 11 is 0. The van der Waals surface area contributed by atoms with Crippen molar-refractivity contribution in [2.75, 3.05) is 6.61 Å². The zero-order chi connectivity index (χ0) is 17.2. The number of hydrogen-bond acceptors (Lipinski definition) is 3. The first kappa shape index (κ1) is 16.3. The fraction of sp³-hybridized carbons (Fsp3) is 0.316. The molecule has 1 atom stereocenters. The fourth-order valence-electron chi connectivity index (χ4n) is 2.87. The smallest absolute Gasteiger partial charge is 0.258 e. The summed E-state index contributed by atoms with van der Waals surface area (Å²) in [6, 6.07) is 13.5. The van der Waals surface area contributed by atoms with Crippen molar-refractivity contribution in [1.29, 1.82) is 0 Å². The van der Waals surface area contributed by atoms with Crippen molar-refractivity contribution in [3.05, 3.63) is 59.9 Å². The van der Waals surface area contributed by atoms with E-state index in [1.54, 1.807) is 12.1 Å². The molecule has 0 saturated heterocycles. The van der Waals surface area contributed by atoms with Crippen LogP contribution in [0.5, 0.6) is 11.5 Å². The van der Waals surface area contributed by atoms with Gasteiger partial charge in [0, 0.05) is 12.0 Å². The van der Waals surface area contributed by atoms with Crippen LogP contribution in [0.25, 0.3) is 0 Å². The van der Waals surface area contributed by atoms with Crippen LogP contribution in [0.4, 0.5) is 4.39 Å². The van der Waals surface area contributed by atoms with Gasteiger partial charge in [0.15, 0.2) is 18.2 Å². The molecule has 1 heterocycles. The maximum atomic E-state index is 13.5. The number of para-hydroxylation sites is 2. The lowest BCUT2D eigenvalue weighted by atomic mass is 9.90. The molecule has 0 aromatic heterocycles. The highest BCUT2D eigenvalue weighted by atomic mass is 19.1. The third-order valence-corrected chi connectivity index (χ3v) is 3.91. The standard InChI is InChI=1S/C19H20FNO3/c1-19(2)11-15(13-7-3-5-9-16(13)24-19)21-18(22)12-23-17-10-6-4-8-14(17)20/h3-10,15H,11-12H2,1-2H3,(H,21,22)/t15-/m0/s1. The number of ether oxygens (including phenoxy) is 2. The minimum atomic E-state index is -0.483. The van der Waals surface area contributed by atoms with Gasteiger partial charge in [-0.05, 0) is 32.0 Å². The molecule has 4 nitrogen and oxygen atoms in total. The molecule has 0 fully saturated rings. The van der Waals surface area contributed by atoms with Gasteiger partial charge in [-0.3, -0.25) is 4.79 Å². The van der Waals surface area contributed by atoms with E-state index >= 15 is 0 Å². The molecule has 0 unspecified atom stereocenters. The Kier molecular flexibility index (Phi) is 4.42. The Bertz CT molecular complexity index is 745. The molecular formula is C19H20FNO3. The first-order valence-corrected chi connectivity index (χ1v) is 7.89. The third-order valence-electron chi connectivity index (χ3n) is 3.91. The van der Waals surface area contributed by atoms with Crippen molar-refractivity contribution in [3.63, 3.8) is 0 Å². The highest BCUT2D eigenvalue weighted by molar-refractivity contribution is 5.78. The Balaban J connectivity index is 1.67. The van der Waals surface area contributed by atoms with E-state index in [-0.39, 0.29) is 29.9 Å². The Morgan fingerprint density at radius 2 is 1.96 bits per heavy atom. The maximum absolute atomic E-state index is 13.5. The van der Waals surface area contributed by atoms with Gasteiger partial charge in [0.05, 0.1) is 6.04 Å². The number of fused-ring (bicyclic) bond motifs is 1. The zero-order valence-electron chi connectivity index (χ0n) is 13.7. The van der Waals surface area contributed by atoms with E-state index in [1.807, 2.05) is 38.1 Å². The van der Waals surface area contributed by atoms with Gasteiger partial charge in [0.25, 0.3) is 5.91 Å². The number of halogens is 1. The number of hydrogen-bond donors (Lipinski definition) is 1. The van der Waals surface area contributed by atoms with E-state index in [2.05, 4.69) is 5.32 Å². The van der Waals surface area contributed by atoms with Gasteiger partial charge in [-0.15, -0.1) is 0 Å². The molecule has 2 aromatic carbocycles. The number of carbonyl (C=O) groups excluding carboxylic acids is 1. The summed E-state index contributed by atoms with van der Waals surface area (Å²) in [4.78, 5) is 12.2. The molecule has 24 heavy (non-hydrogen) atoms. The summed E-state index contributed by atoms with van der Waals surface area (Å²) < 4.78 is 24.7. The molecule has 1 N–H and O–H groups in total. The van der Waals surface area contributed by atoms with E-state index in [4.69, 9.17) is 9.47 Å². The van der Waals surface area contributed by atoms with Crippen LogP contribution in [0.2, 0.25) is 0 Å². The predicted molar refractivity (Wildman–Crippen MR) is 88.5 cm³/mol. The Morgan fingerprint density at radius 3 is 2.75 bits per heavy atom. The third kappa shape index (κ3) is 3.67. The van der Waals surface area contributed by atoms with Crippen molar-refractivity contribution in [3.8, 4) is 11.5 Å². The van der Waals surface area contributed by atoms with Gasteiger partial charge < -0.3 is 14.8 Å². The first-order valence-electron chi connectivity index (χ1n) is 7.89. The SMILES string of the molecule is CC1(C)C[C@H](NC(=O)COc2ccccc2F)c2ccccc2O1. The molecule has 126 valence electrons. The van der Waals surface area contributed by atoms with Crippen LogP contribution in [0.3, 0.4) is 0 Å². The van der Waals surface area contributed by atoms with Crippen molar-refractivity contribution < 1.29 is 18.7 Å². The molecule has 0 bridgehead atoms. The number of amides is 1. The van der Waals surface area contributed by atoms with Gasteiger partial charge in [-0.2, -0.15) is 0 Å². The molecule has 3 rings (SSSR count). The minimum absolute atomic E-state index is 0.0698. The Labute approximate surface area is 140 Å². The molecule has 1 aliphatic rings. The molecule has 0 saturated carbocycles. The van der Waals surface area contributed by atoms with E-state index in [0.717, 1.165) is 11.3 Å². The van der Waals surface area contributed by atoms with Crippen LogP contribution in [-0.2, 0) is 4.79 Å². The highest BCUT2D eigenvalue weighted by Gasteiger charge is 2.34.